The van der Waals surface area contributed by atoms with Gasteiger partial charge < -0.3 is 9.47 Å². The third-order valence-electron chi connectivity index (χ3n) is 2.61. The number of nitrogens with zero attached hydrogens (tertiary/aromatic N) is 1. The lowest BCUT2D eigenvalue weighted by Crippen LogP contribution is -2.17. The highest BCUT2D eigenvalue weighted by Gasteiger charge is 2.29. The molecule has 0 aromatic heterocycles. The number of ketones is 1. The zero-order chi connectivity index (χ0) is 13.1. The van der Waals surface area contributed by atoms with Gasteiger partial charge in [-0.2, -0.15) is 0 Å². The van der Waals surface area contributed by atoms with Crippen LogP contribution >= 0.6 is 0 Å². The van der Waals surface area contributed by atoms with Crippen LogP contribution in [0.5, 0.6) is 0 Å². The number of allylic oxidation sites excluding steroid dienone is 1. The lowest BCUT2D eigenvalue weighted by molar-refractivity contribution is -0.386. The Hall–Kier alpha value is -2.37. The first kappa shape index (κ1) is 12.1. The molecule has 0 aliphatic carbocycles. The van der Waals surface area contributed by atoms with Crippen molar-refractivity contribution in [3.05, 3.63) is 52.0 Å². The van der Waals surface area contributed by atoms with Crippen molar-refractivity contribution in [1.82, 2.24) is 0 Å². The monoisotopic (exact) mass is 249 g/mol. The van der Waals surface area contributed by atoms with Gasteiger partial charge in [0.1, 0.15) is 6.10 Å². The van der Waals surface area contributed by atoms with Crippen molar-refractivity contribution in [2.75, 3.05) is 7.11 Å². The highest BCUT2D eigenvalue weighted by molar-refractivity contribution is 5.91. The van der Waals surface area contributed by atoms with Crippen LogP contribution in [-0.2, 0) is 14.3 Å². The Kier molecular flexibility index (Phi) is 3.27. The smallest absolute Gasteiger partial charge is 0.283 e. The molecule has 1 heterocycles. The maximum Gasteiger partial charge on any atom is 0.283 e. The van der Waals surface area contributed by atoms with Crippen LogP contribution in [0.2, 0.25) is 0 Å². The number of carbonyl (C=O) groups is 1. The first-order valence-corrected chi connectivity index (χ1v) is 5.30. The number of rotatable bonds is 3. The van der Waals surface area contributed by atoms with E-state index in [2.05, 4.69) is 0 Å². The van der Waals surface area contributed by atoms with Gasteiger partial charge in [0, 0.05) is 6.07 Å². The average Bonchev–Trinajstić information content (AvgIpc) is 2.38. The molecule has 1 aromatic rings. The van der Waals surface area contributed by atoms with Crippen molar-refractivity contribution in [1.29, 1.82) is 0 Å². The van der Waals surface area contributed by atoms with E-state index in [1.807, 2.05) is 0 Å². The van der Waals surface area contributed by atoms with Crippen LogP contribution < -0.4 is 0 Å². The van der Waals surface area contributed by atoms with Crippen LogP contribution in [0, 0.1) is 10.1 Å². The van der Waals surface area contributed by atoms with Crippen molar-refractivity contribution in [3.63, 3.8) is 0 Å². The maximum atomic E-state index is 11.5. The van der Waals surface area contributed by atoms with Gasteiger partial charge in [-0.3, -0.25) is 14.9 Å². The van der Waals surface area contributed by atoms with E-state index in [9.17, 15) is 14.9 Å². The molecule has 2 rings (SSSR count). The van der Waals surface area contributed by atoms with Crippen LogP contribution in [0.25, 0.3) is 0 Å². The van der Waals surface area contributed by atoms with Crippen molar-refractivity contribution < 1.29 is 19.2 Å². The Labute approximate surface area is 103 Å². The van der Waals surface area contributed by atoms with Gasteiger partial charge in [-0.25, -0.2) is 0 Å². The molecule has 1 aliphatic rings. The Morgan fingerprint density at radius 3 is 2.83 bits per heavy atom. The second-order valence-electron chi connectivity index (χ2n) is 3.76. The molecule has 0 fully saturated rings. The summed E-state index contributed by atoms with van der Waals surface area (Å²) in [6.07, 6.45) is 0.627. The minimum absolute atomic E-state index is 0.0624. The molecule has 1 aliphatic heterocycles. The summed E-state index contributed by atoms with van der Waals surface area (Å²) in [6, 6.07) is 6.20. The topological polar surface area (TPSA) is 78.7 Å². The second-order valence-corrected chi connectivity index (χ2v) is 3.76. The lowest BCUT2D eigenvalue weighted by Gasteiger charge is -2.22. The summed E-state index contributed by atoms with van der Waals surface area (Å²) in [6.45, 7) is 0. The van der Waals surface area contributed by atoms with Crippen LogP contribution in [-0.4, -0.2) is 17.8 Å². The zero-order valence-corrected chi connectivity index (χ0v) is 9.66. The molecule has 0 radical (unpaired) electrons. The molecule has 1 aromatic carbocycles. The van der Waals surface area contributed by atoms with Gasteiger partial charge in [-0.05, 0) is 6.07 Å². The number of nitro benzene ring substituents is 1. The van der Waals surface area contributed by atoms with Gasteiger partial charge in [0.25, 0.3) is 11.6 Å². The van der Waals surface area contributed by atoms with E-state index in [4.69, 9.17) is 9.47 Å². The minimum Gasteiger partial charge on any atom is -0.469 e. The predicted octanol–water partition coefficient (Wildman–Crippen LogP) is 2.11. The highest BCUT2D eigenvalue weighted by atomic mass is 16.7. The van der Waals surface area contributed by atoms with Gasteiger partial charge >= 0.3 is 0 Å². The third kappa shape index (κ3) is 2.32. The van der Waals surface area contributed by atoms with Gasteiger partial charge in [-0.1, -0.05) is 12.1 Å². The van der Waals surface area contributed by atoms with E-state index in [0.717, 1.165) is 0 Å². The molecule has 6 heteroatoms. The van der Waals surface area contributed by atoms with E-state index < -0.39 is 11.0 Å². The normalized spacial score (nSPS) is 18.8. The molecule has 0 saturated heterocycles. The summed E-state index contributed by atoms with van der Waals surface area (Å²) >= 11 is 0. The van der Waals surface area contributed by atoms with E-state index in [1.165, 1.54) is 19.3 Å². The van der Waals surface area contributed by atoms with E-state index in [-0.39, 0.29) is 23.8 Å². The lowest BCUT2D eigenvalue weighted by atomic mass is 10.0. The number of ether oxygens (including phenoxy) is 2. The summed E-state index contributed by atoms with van der Waals surface area (Å²) in [4.78, 5) is 21.9. The Balaban J connectivity index is 2.36. The van der Waals surface area contributed by atoms with Crippen molar-refractivity contribution in [2.24, 2.45) is 0 Å². The number of nitro groups is 1. The van der Waals surface area contributed by atoms with Crippen LogP contribution in [0.3, 0.4) is 0 Å². The van der Waals surface area contributed by atoms with E-state index >= 15 is 0 Å². The summed E-state index contributed by atoms with van der Waals surface area (Å²) in [5.74, 6) is -0.101. The summed E-state index contributed by atoms with van der Waals surface area (Å²) in [5.41, 5.74) is 0.311. The molecular weight excluding hydrogens is 238 g/mol. The van der Waals surface area contributed by atoms with Crippen molar-refractivity contribution in [3.8, 4) is 0 Å². The minimum atomic E-state index is -0.681. The predicted molar refractivity (Wildman–Crippen MR) is 61.6 cm³/mol. The Morgan fingerprint density at radius 2 is 2.17 bits per heavy atom. The van der Waals surface area contributed by atoms with Gasteiger partial charge in [0.15, 0.2) is 5.78 Å². The van der Waals surface area contributed by atoms with Crippen molar-refractivity contribution in [2.45, 2.75) is 12.5 Å². The number of methoxy groups -OCH3 is 1. The van der Waals surface area contributed by atoms with E-state index in [0.29, 0.717) is 5.56 Å². The number of benzene rings is 1. The Morgan fingerprint density at radius 1 is 1.44 bits per heavy atom. The van der Waals surface area contributed by atoms with Crippen LogP contribution in [0.1, 0.15) is 18.1 Å². The van der Waals surface area contributed by atoms with Gasteiger partial charge in [0.2, 0.25) is 0 Å². The quantitative estimate of drug-likeness (QED) is 0.605. The summed E-state index contributed by atoms with van der Waals surface area (Å²) in [5, 5.41) is 10.9. The molecule has 6 nitrogen and oxygen atoms in total. The van der Waals surface area contributed by atoms with E-state index in [1.54, 1.807) is 18.2 Å². The molecule has 1 unspecified atom stereocenters. The molecule has 1 atom stereocenters. The molecule has 0 amide bonds. The largest absolute Gasteiger partial charge is 0.469 e. The number of para-hydroxylation sites is 1. The Bertz CT molecular complexity index is 523. The molecular formula is C12H11NO5. The third-order valence-corrected chi connectivity index (χ3v) is 2.61. The molecule has 0 bridgehead atoms. The fourth-order valence-corrected chi connectivity index (χ4v) is 1.80. The molecule has 18 heavy (non-hydrogen) atoms. The SMILES string of the molecule is COC1=CC(=O)CC(c2ccccc2[N+](=O)[O-])O1. The first-order chi connectivity index (χ1) is 8.61. The zero-order valence-electron chi connectivity index (χ0n) is 9.66. The number of hydrogen-bond donors (Lipinski definition) is 0. The maximum absolute atomic E-state index is 11.5. The highest BCUT2D eigenvalue weighted by Crippen LogP contribution is 2.34. The fourth-order valence-electron chi connectivity index (χ4n) is 1.80. The molecule has 94 valence electrons. The number of hydrogen-bond acceptors (Lipinski definition) is 5. The molecule has 0 N–H and O–H groups in total. The van der Waals surface area contributed by atoms with Crippen molar-refractivity contribution >= 4 is 11.5 Å². The summed E-state index contributed by atoms with van der Waals surface area (Å²) in [7, 11) is 1.38. The average molecular weight is 249 g/mol. The number of carbonyl (C=O) groups excluding carboxylic acids is 1. The molecule has 0 spiro atoms. The standard InChI is InChI=1S/C12H11NO5/c1-17-12-7-8(14)6-11(18-12)9-4-2-3-5-10(9)13(15)16/h2-5,7,11H,6H2,1H3. The van der Waals surface area contributed by atoms with Gasteiger partial charge in [-0.15, -0.1) is 0 Å². The first-order valence-electron chi connectivity index (χ1n) is 5.30. The second kappa shape index (κ2) is 4.87. The van der Waals surface area contributed by atoms with Crippen LogP contribution in [0.15, 0.2) is 36.3 Å². The fraction of sp³-hybridized carbons (Fsp3) is 0.250. The molecule has 0 saturated carbocycles. The summed E-state index contributed by atoms with van der Waals surface area (Å²) < 4.78 is 10.3. The van der Waals surface area contributed by atoms with Crippen LogP contribution in [0.4, 0.5) is 5.69 Å². The van der Waals surface area contributed by atoms with Gasteiger partial charge in [0.05, 0.1) is 30.1 Å².